The topological polar surface area (TPSA) is 80.9 Å². The van der Waals surface area contributed by atoms with E-state index in [9.17, 15) is 14.7 Å². The maximum atomic E-state index is 12.3. The lowest BCUT2D eigenvalue weighted by Crippen LogP contribution is -2.22. The second kappa shape index (κ2) is 20.0. The summed E-state index contributed by atoms with van der Waals surface area (Å²) in [5.41, 5.74) is 3.12. The monoisotopic (exact) mass is 514 g/mol. The average Bonchev–Trinajstić information content (AvgIpc) is 2.86. The third-order valence-electron chi connectivity index (χ3n) is 4.39. The van der Waals surface area contributed by atoms with Crippen molar-refractivity contribution in [1.82, 2.24) is 4.57 Å². The summed E-state index contributed by atoms with van der Waals surface area (Å²) in [5, 5.41) is 9.27. The van der Waals surface area contributed by atoms with Gasteiger partial charge in [-0.3, -0.25) is 9.79 Å². The average molecular weight is 515 g/mol. The van der Waals surface area contributed by atoms with Crippen LogP contribution < -0.4 is 10.2 Å². The van der Waals surface area contributed by atoms with Crippen molar-refractivity contribution in [2.24, 2.45) is 10.9 Å². The molecule has 0 fully saturated rings. The molecule has 1 aromatic heterocycles. The third kappa shape index (κ3) is 12.6. The summed E-state index contributed by atoms with van der Waals surface area (Å²) in [6.45, 7) is 25.3. The quantitative estimate of drug-likeness (QED) is 0.359. The van der Waals surface area contributed by atoms with Gasteiger partial charge in [-0.1, -0.05) is 67.5 Å². The number of carbonyl (C=O) groups is 1. The Bertz CT molecular complexity index is 1060. The summed E-state index contributed by atoms with van der Waals surface area (Å²) < 4.78 is 7.53. The van der Waals surface area contributed by atoms with Crippen molar-refractivity contribution in [1.29, 1.82) is 0 Å². The number of aromatic carboxylic acids is 1. The second-order valence-electron chi connectivity index (χ2n) is 8.64. The first kappa shape index (κ1) is 36.0. The number of allylic oxidation sites excluding steroid dienone is 1. The predicted molar refractivity (Wildman–Crippen MR) is 159 cm³/mol. The molecule has 0 saturated carbocycles. The lowest BCUT2D eigenvalue weighted by Gasteiger charge is -2.16. The van der Waals surface area contributed by atoms with Gasteiger partial charge in [0.15, 0.2) is 5.43 Å². The highest BCUT2D eigenvalue weighted by molar-refractivity contribution is 6.01. The van der Waals surface area contributed by atoms with Gasteiger partial charge in [0, 0.05) is 24.4 Å². The number of pyridine rings is 1. The summed E-state index contributed by atoms with van der Waals surface area (Å²) in [4.78, 5) is 28.5. The molecule has 2 rings (SSSR count). The number of aliphatic imine (C=N–C) groups is 1. The maximum Gasteiger partial charge on any atom is 0.341 e. The fourth-order valence-corrected chi connectivity index (χ4v) is 3.08. The SMILES string of the molecule is CC.CC.CC(C)C.CCCn1cc(C(=O)O)c(=O)cc1C(C)=NC(=C(C)C)c1ccccc1OCC. The molecule has 37 heavy (non-hydrogen) atoms. The molecule has 2 aromatic rings. The van der Waals surface area contributed by atoms with Gasteiger partial charge in [-0.05, 0) is 57.7 Å². The van der Waals surface area contributed by atoms with Crippen LogP contribution in [0.1, 0.15) is 111 Å². The third-order valence-corrected chi connectivity index (χ3v) is 4.39. The van der Waals surface area contributed by atoms with Crippen LogP contribution in [0.3, 0.4) is 0 Å². The zero-order chi connectivity index (χ0) is 29.1. The smallest absolute Gasteiger partial charge is 0.341 e. The lowest BCUT2D eigenvalue weighted by atomic mass is 10.1. The van der Waals surface area contributed by atoms with E-state index in [1.807, 2.05) is 86.6 Å². The van der Waals surface area contributed by atoms with Crippen molar-refractivity contribution >= 4 is 17.4 Å². The van der Waals surface area contributed by atoms with Crippen LogP contribution in [0.5, 0.6) is 5.75 Å². The summed E-state index contributed by atoms with van der Waals surface area (Å²) >= 11 is 0. The zero-order valence-corrected chi connectivity index (χ0v) is 25.2. The molecular formula is C31H50N2O4. The van der Waals surface area contributed by atoms with Gasteiger partial charge >= 0.3 is 5.97 Å². The van der Waals surface area contributed by atoms with E-state index < -0.39 is 11.4 Å². The van der Waals surface area contributed by atoms with Gasteiger partial charge in [0.1, 0.15) is 11.3 Å². The molecular weight excluding hydrogens is 464 g/mol. The fraction of sp³-hybridized carbons (Fsp3) is 0.516. The number of benzene rings is 1. The maximum absolute atomic E-state index is 12.3. The molecule has 6 heteroatoms. The van der Waals surface area contributed by atoms with Crippen molar-refractivity contribution in [3.8, 4) is 5.75 Å². The van der Waals surface area contributed by atoms with Gasteiger partial charge in [0.05, 0.1) is 23.7 Å². The molecule has 0 aliphatic rings. The normalized spacial score (nSPS) is 10.1. The van der Waals surface area contributed by atoms with Crippen LogP contribution in [0, 0.1) is 5.92 Å². The van der Waals surface area contributed by atoms with Crippen LogP contribution in [-0.2, 0) is 6.54 Å². The first-order chi connectivity index (χ1) is 17.5. The molecule has 0 unspecified atom stereocenters. The number of carboxylic acids is 1. The van der Waals surface area contributed by atoms with Crippen LogP contribution in [0.4, 0.5) is 0 Å². The van der Waals surface area contributed by atoms with Gasteiger partial charge in [-0.25, -0.2) is 4.79 Å². The van der Waals surface area contributed by atoms with E-state index in [1.54, 1.807) is 4.57 Å². The number of aryl methyl sites for hydroxylation is 1. The lowest BCUT2D eigenvalue weighted by molar-refractivity contribution is 0.0694. The molecule has 0 bridgehead atoms. The summed E-state index contributed by atoms with van der Waals surface area (Å²) in [6.07, 6.45) is 2.20. The Labute approximate surface area is 225 Å². The molecule has 0 saturated heterocycles. The Balaban J connectivity index is 0. The summed E-state index contributed by atoms with van der Waals surface area (Å²) in [5.74, 6) is 0.353. The van der Waals surface area contributed by atoms with Crippen molar-refractivity contribution in [3.05, 3.63) is 69.1 Å². The van der Waals surface area contributed by atoms with Crippen LogP contribution in [0.15, 0.2) is 51.9 Å². The number of aromatic nitrogens is 1. The van der Waals surface area contributed by atoms with Gasteiger partial charge in [-0.2, -0.15) is 0 Å². The Hall–Kier alpha value is -3.15. The van der Waals surface area contributed by atoms with Crippen molar-refractivity contribution in [2.75, 3.05) is 6.61 Å². The Morgan fingerprint density at radius 2 is 1.54 bits per heavy atom. The molecule has 0 amide bonds. The molecule has 1 heterocycles. The largest absolute Gasteiger partial charge is 0.493 e. The highest BCUT2D eigenvalue weighted by atomic mass is 16.5. The number of ether oxygens (including phenoxy) is 1. The summed E-state index contributed by atoms with van der Waals surface area (Å²) in [6, 6.07) is 9.06. The van der Waals surface area contributed by atoms with E-state index in [-0.39, 0.29) is 5.56 Å². The predicted octanol–water partition coefficient (Wildman–Crippen LogP) is 8.33. The highest BCUT2D eigenvalue weighted by Gasteiger charge is 2.15. The Kier molecular flexibility index (Phi) is 19.4. The second-order valence-corrected chi connectivity index (χ2v) is 8.64. The number of para-hydroxylation sites is 1. The summed E-state index contributed by atoms with van der Waals surface area (Å²) in [7, 11) is 0. The Morgan fingerprint density at radius 1 is 1.00 bits per heavy atom. The minimum Gasteiger partial charge on any atom is -0.493 e. The first-order valence-corrected chi connectivity index (χ1v) is 13.5. The molecule has 0 spiro atoms. The molecule has 0 radical (unpaired) electrons. The van der Waals surface area contributed by atoms with Gasteiger partial charge in [0.25, 0.3) is 0 Å². The van der Waals surface area contributed by atoms with Gasteiger partial charge < -0.3 is 14.4 Å². The molecule has 0 aliphatic carbocycles. The van der Waals surface area contributed by atoms with Crippen LogP contribution >= 0.6 is 0 Å². The first-order valence-electron chi connectivity index (χ1n) is 13.5. The number of rotatable bonds is 8. The van der Waals surface area contributed by atoms with Crippen LogP contribution in [-0.4, -0.2) is 28.0 Å². The number of hydrogen-bond acceptors (Lipinski definition) is 4. The standard InChI is InChI=1S/C23H28N2O4.C4H10.2C2H6/c1-6-12-25-14-18(23(27)28)20(26)13-19(25)16(5)24-22(15(3)4)17-10-8-9-11-21(17)29-7-2;1-4(2)3;2*1-2/h8-11,13-14H,6-7,12H2,1-5H3,(H,27,28);4H,1-3H3;2*1-2H3. The molecule has 6 nitrogen and oxygen atoms in total. The molecule has 208 valence electrons. The molecule has 0 aliphatic heterocycles. The highest BCUT2D eigenvalue weighted by Crippen LogP contribution is 2.30. The fourth-order valence-electron chi connectivity index (χ4n) is 3.08. The molecule has 0 atom stereocenters. The minimum absolute atomic E-state index is 0.237. The van der Waals surface area contributed by atoms with Gasteiger partial charge in [0.2, 0.25) is 0 Å². The van der Waals surface area contributed by atoms with Crippen molar-refractivity contribution in [2.45, 2.75) is 96.1 Å². The number of nitrogens with zero attached hydrogens (tertiary/aromatic N) is 2. The van der Waals surface area contributed by atoms with Crippen LogP contribution in [0.25, 0.3) is 5.70 Å². The van der Waals surface area contributed by atoms with E-state index in [0.717, 1.165) is 34.9 Å². The number of carboxylic acid groups (broad SMARTS) is 1. The minimum atomic E-state index is -1.23. The zero-order valence-electron chi connectivity index (χ0n) is 25.2. The van der Waals surface area contributed by atoms with Gasteiger partial charge in [-0.15, -0.1) is 0 Å². The van der Waals surface area contributed by atoms with E-state index in [4.69, 9.17) is 9.73 Å². The number of hydrogen-bond donors (Lipinski definition) is 1. The Morgan fingerprint density at radius 3 is 2.00 bits per heavy atom. The molecule has 1 aromatic carbocycles. The van der Waals surface area contributed by atoms with Crippen molar-refractivity contribution in [3.63, 3.8) is 0 Å². The van der Waals surface area contributed by atoms with E-state index >= 15 is 0 Å². The van der Waals surface area contributed by atoms with E-state index in [0.29, 0.717) is 24.6 Å². The van der Waals surface area contributed by atoms with Crippen molar-refractivity contribution < 1.29 is 14.6 Å². The van der Waals surface area contributed by atoms with Crippen LogP contribution in [0.2, 0.25) is 0 Å². The van der Waals surface area contributed by atoms with E-state index in [2.05, 4.69) is 20.8 Å². The molecule has 1 N–H and O–H groups in total. The van der Waals surface area contributed by atoms with E-state index in [1.165, 1.54) is 12.3 Å².